The third-order valence-corrected chi connectivity index (χ3v) is 3.82. The van der Waals surface area contributed by atoms with E-state index in [1.807, 2.05) is 30.3 Å². The number of rotatable bonds is 3. The van der Waals surface area contributed by atoms with Crippen LogP contribution in [0.5, 0.6) is 0 Å². The Kier molecular flexibility index (Phi) is 3.35. The van der Waals surface area contributed by atoms with Gasteiger partial charge in [-0.05, 0) is 18.2 Å². The van der Waals surface area contributed by atoms with Crippen LogP contribution >= 0.6 is 11.8 Å². The minimum atomic E-state index is -0.934. The summed E-state index contributed by atoms with van der Waals surface area (Å²) in [5.41, 5.74) is 0.267. The summed E-state index contributed by atoms with van der Waals surface area (Å²) in [6, 6.07) is 14.6. The van der Waals surface area contributed by atoms with Crippen molar-refractivity contribution in [3.63, 3.8) is 0 Å². The normalized spacial score (nSPS) is 10.6. The molecule has 0 fully saturated rings. The second kappa shape index (κ2) is 5.30. The van der Waals surface area contributed by atoms with Crippen molar-refractivity contribution in [1.29, 1.82) is 0 Å². The summed E-state index contributed by atoms with van der Waals surface area (Å²) >= 11 is 1.41. The molecule has 3 aromatic rings. The van der Waals surface area contributed by atoms with E-state index in [4.69, 9.17) is 5.11 Å². The van der Waals surface area contributed by atoms with Gasteiger partial charge in [0.25, 0.3) is 0 Å². The molecule has 0 spiro atoms. The number of nitrogens with zero attached hydrogens (tertiary/aromatic N) is 2. The number of carbonyl (C=O) groups is 1. The summed E-state index contributed by atoms with van der Waals surface area (Å²) in [5, 5.41) is 19.9. The Morgan fingerprint density at radius 3 is 2.80 bits per heavy atom. The van der Waals surface area contributed by atoms with Crippen LogP contribution in [0.25, 0.3) is 10.8 Å². The molecule has 4 nitrogen and oxygen atoms in total. The van der Waals surface area contributed by atoms with E-state index in [1.165, 1.54) is 11.8 Å². The van der Waals surface area contributed by atoms with E-state index in [-0.39, 0.29) is 5.56 Å². The van der Waals surface area contributed by atoms with Crippen LogP contribution in [-0.2, 0) is 0 Å². The van der Waals surface area contributed by atoms with Gasteiger partial charge in [-0.2, -0.15) is 5.10 Å². The molecule has 20 heavy (non-hydrogen) atoms. The highest BCUT2D eigenvalue weighted by atomic mass is 32.2. The molecule has 98 valence electrons. The molecule has 0 radical (unpaired) electrons. The highest BCUT2D eigenvalue weighted by Gasteiger charge is 2.08. The molecular formula is C15H10N2O2S. The standard InChI is InChI=1S/C15H10N2O2S/c18-15(19)10-5-3-6-12(8-10)20-14-13-7-2-1-4-11(13)9-16-17-14/h1-9H,(H,18,19). The average Bonchev–Trinajstić information content (AvgIpc) is 2.48. The van der Waals surface area contributed by atoms with Gasteiger partial charge in [0, 0.05) is 15.7 Å². The number of benzene rings is 2. The summed E-state index contributed by atoms with van der Waals surface area (Å²) in [4.78, 5) is 11.8. The first kappa shape index (κ1) is 12.6. The number of carboxylic acids is 1. The van der Waals surface area contributed by atoms with Crippen LogP contribution in [0.15, 0.2) is 64.6 Å². The van der Waals surface area contributed by atoms with Crippen molar-refractivity contribution in [3.8, 4) is 0 Å². The molecule has 5 heteroatoms. The van der Waals surface area contributed by atoms with Gasteiger partial charge in [0.2, 0.25) is 0 Å². The summed E-state index contributed by atoms with van der Waals surface area (Å²) in [7, 11) is 0. The minimum absolute atomic E-state index is 0.267. The van der Waals surface area contributed by atoms with Gasteiger partial charge >= 0.3 is 5.97 Å². The van der Waals surface area contributed by atoms with Crippen molar-refractivity contribution < 1.29 is 9.90 Å². The molecule has 0 saturated heterocycles. The Labute approximate surface area is 119 Å². The molecule has 1 N–H and O–H groups in total. The maximum atomic E-state index is 11.0. The van der Waals surface area contributed by atoms with E-state index in [1.54, 1.807) is 24.4 Å². The zero-order valence-corrected chi connectivity index (χ0v) is 11.2. The first-order chi connectivity index (χ1) is 9.74. The van der Waals surface area contributed by atoms with E-state index in [9.17, 15) is 4.79 Å². The quantitative estimate of drug-likeness (QED) is 0.796. The van der Waals surface area contributed by atoms with Gasteiger partial charge in [-0.15, -0.1) is 5.10 Å². The molecule has 0 atom stereocenters. The van der Waals surface area contributed by atoms with Crippen molar-refractivity contribution in [1.82, 2.24) is 10.2 Å². The molecule has 1 heterocycles. The Bertz CT molecular complexity index is 784. The number of hydrogen-bond acceptors (Lipinski definition) is 4. The molecular weight excluding hydrogens is 272 g/mol. The largest absolute Gasteiger partial charge is 0.478 e. The van der Waals surface area contributed by atoms with Gasteiger partial charge in [-0.3, -0.25) is 0 Å². The summed E-state index contributed by atoms with van der Waals surface area (Å²) in [6.07, 6.45) is 1.72. The van der Waals surface area contributed by atoms with E-state index in [2.05, 4.69) is 10.2 Å². The highest BCUT2D eigenvalue weighted by Crippen LogP contribution is 2.31. The van der Waals surface area contributed by atoms with Crippen LogP contribution in [-0.4, -0.2) is 21.3 Å². The minimum Gasteiger partial charge on any atom is -0.478 e. The SMILES string of the molecule is O=C(O)c1cccc(Sc2nncc3ccccc23)c1. The lowest BCUT2D eigenvalue weighted by molar-refractivity contribution is 0.0696. The molecule has 1 aromatic heterocycles. The fourth-order valence-electron chi connectivity index (χ4n) is 1.88. The van der Waals surface area contributed by atoms with Crippen LogP contribution in [0, 0.1) is 0 Å². The first-order valence-corrected chi connectivity index (χ1v) is 6.77. The second-order valence-electron chi connectivity index (χ2n) is 4.17. The fraction of sp³-hybridized carbons (Fsp3) is 0. The number of carboxylic acid groups (broad SMARTS) is 1. The molecule has 0 amide bonds. The van der Waals surface area contributed by atoms with E-state index < -0.39 is 5.97 Å². The van der Waals surface area contributed by atoms with E-state index in [0.717, 1.165) is 20.7 Å². The predicted octanol–water partition coefficient (Wildman–Crippen LogP) is 3.48. The van der Waals surface area contributed by atoms with Gasteiger partial charge in [0.15, 0.2) is 0 Å². The molecule has 2 aromatic carbocycles. The van der Waals surface area contributed by atoms with E-state index in [0.29, 0.717) is 0 Å². The van der Waals surface area contributed by atoms with Crippen LogP contribution in [0.1, 0.15) is 10.4 Å². The predicted molar refractivity (Wildman–Crippen MR) is 77.1 cm³/mol. The van der Waals surface area contributed by atoms with Crippen LogP contribution in [0.4, 0.5) is 0 Å². The third kappa shape index (κ3) is 2.48. The second-order valence-corrected chi connectivity index (χ2v) is 5.23. The maximum Gasteiger partial charge on any atom is 0.335 e. The smallest absolute Gasteiger partial charge is 0.335 e. The summed E-state index contributed by atoms with van der Waals surface area (Å²) in [6.45, 7) is 0. The zero-order chi connectivity index (χ0) is 13.9. The van der Waals surface area contributed by atoms with Gasteiger partial charge in [-0.25, -0.2) is 4.79 Å². The first-order valence-electron chi connectivity index (χ1n) is 5.96. The maximum absolute atomic E-state index is 11.0. The lowest BCUT2D eigenvalue weighted by Crippen LogP contribution is -1.95. The zero-order valence-electron chi connectivity index (χ0n) is 10.4. The monoisotopic (exact) mass is 282 g/mol. The molecule has 0 unspecified atom stereocenters. The molecule has 3 rings (SSSR count). The third-order valence-electron chi connectivity index (χ3n) is 2.83. The number of fused-ring (bicyclic) bond motifs is 1. The number of aromatic nitrogens is 2. The molecule has 0 bridgehead atoms. The highest BCUT2D eigenvalue weighted by molar-refractivity contribution is 7.99. The molecule has 0 saturated carbocycles. The van der Waals surface area contributed by atoms with E-state index >= 15 is 0 Å². The van der Waals surface area contributed by atoms with Crippen molar-refractivity contribution in [3.05, 3.63) is 60.3 Å². The lowest BCUT2D eigenvalue weighted by Gasteiger charge is -2.04. The van der Waals surface area contributed by atoms with Gasteiger partial charge in [0.05, 0.1) is 11.8 Å². The van der Waals surface area contributed by atoms with Crippen molar-refractivity contribution in [2.45, 2.75) is 9.92 Å². The Hall–Kier alpha value is -2.40. The van der Waals surface area contributed by atoms with Crippen molar-refractivity contribution in [2.24, 2.45) is 0 Å². The van der Waals surface area contributed by atoms with Crippen molar-refractivity contribution >= 4 is 28.5 Å². The Balaban J connectivity index is 2.01. The van der Waals surface area contributed by atoms with Crippen LogP contribution < -0.4 is 0 Å². The molecule has 0 aliphatic heterocycles. The summed E-state index contributed by atoms with van der Waals surface area (Å²) < 4.78 is 0. The van der Waals surface area contributed by atoms with Gasteiger partial charge < -0.3 is 5.11 Å². The molecule has 0 aliphatic rings. The van der Waals surface area contributed by atoms with Crippen LogP contribution in [0.2, 0.25) is 0 Å². The van der Waals surface area contributed by atoms with Gasteiger partial charge in [-0.1, -0.05) is 42.1 Å². The number of hydrogen-bond donors (Lipinski definition) is 1. The van der Waals surface area contributed by atoms with Gasteiger partial charge in [0.1, 0.15) is 5.03 Å². The topological polar surface area (TPSA) is 63.1 Å². The number of aromatic carboxylic acids is 1. The Morgan fingerprint density at radius 2 is 1.95 bits per heavy atom. The summed E-state index contributed by atoms with van der Waals surface area (Å²) in [5.74, 6) is -0.934. The fourth-order valence-corrected chi connectivity index (χ4v) is 2.82. The lowest BCUT2D eigenvalue weighted by atomic mass is 10.2. The molecule has 0 aliphatic carbocycles. The van der Waals surface area contributed by atoms with Crippen LogP contribution in [0.3, 0.4) is 0 Å². The average molecular weight is 282 g/mol. The Morgan fingerprint density at radius 1 is 1.10 bits per heavy atom. The van der Waals surface area contributed by atoms with Crippen molar-refractivity contribution in [2.75, 3.05) is 0 Å².